The van der Waals surface area contributed by atoms with Crippen LogP contribution in [0.4, 0.5) is 48.3 Å². The van der Waals surface area contributed by atoms with Crippen molar-refractivity contribution >= 4 is 0 Å². The smallest absolute Gasteiger partial charge is 0.244 e. The number of rotatable bonds is 5. The number of alkyl halides is 8. The maximum atomic E-state index is 12.5. The van der Waals surface area contributed by atoms with Crippen LogP contribution in [0.2, 0.25) is 0 Å². The molecule has 0 N–H and O–H groups in total. The highest BCUT2D eigenvalue weighted by Crippen LogP contribution is 2.49. The number of hydrogen-bond acceptors (Lipinski definition) is 2. The van der Waals surface area contributed by atoms with Crippen LogP contribution in [0.1, 0.15) is 0 Å². The summed E-state index contributed by atoms with van der Waals surface area (Å²) < 4.78 is 135. The van der Waals surface area contributed by atoms with Crippen LogP contribution in [-0.4, -0.2) is 24.1 Å². The zero-order valence-electron chi connectivity index (χ0n) is 8.51. The van der Waals surface area contributed by atoms with Crippen molar-refractivity contribution in [3.8, 4) is 6.07 Å². The maximum absolute atomic E-state index is 12.5. The molecule has 0 aliphatic carbocycles. The molecule has 13 heteroatoms. The number of ether oxygens (including phenoxy) is 1. The number of halogens is 11. The highest BCUT2D eigenvalue weighted by atomic mass is 19.4. The molecule has 0 amide bonds. The molecule has 0 spiro atoms. The van der Waals surface area contributed by atoms with E-state index in [0.717, 1.165) is 0 Å². The van der Waals surface area contributed by atoms with E-state index in [1.807, 2.05) is 0 Å². The molecule has 0 aliphatic heterocycles. The van der Waals surface area contributed by atoms with Gasteiger partial charge in [-0.05, 0) is 0 Å². The molecule has 0 bridgehead atoms. The molecule has 0 unspecified atom stereocenters. The minimum absolute atomic E-state index is 0.617. The molecule has 116 valence electrons. The Labute approximate surface area is 102 Å². The second-order valence-electron chi connectivity index (χ2n) is 2.97. The van der Waals surface area contributed by atoms with E-state index in [-0.39, 0.29) is 0 Å². The predicted molar refractivity (Wildman–Crippen MR) is 36.8 cm³/mol. The number of nitriles is 1. The van der Waals surface area contributed by atoms with Crippen molar-refractivity contribution < 1.29 is 53.0 Å². The van der Waals surface area contributed by atoms with Crippen molar-refractivity contribution in [1.82, 2.24) is 0 Å². The lowest BCUT2D eigenvalue weighted by atomic mass is 10.2. The summed E-state index contributed by atoms with van der Waals surface area (Å²) in [5, 5.41) is 7.53. The molecule has 0 aromatic heterocycles. The number of hydrogen-bond donors (Lipinski definition) is 0. The van der Waals surface area contributed by atoms with E-state index in [1.165, 1.54) is 0 Å². The molecule has 0 heterocycles. The third-order valence-corrected chi connectivity index (χ3v) is 1.58. The Hall–Kier alpha value is -1.58. The summed E-state index contributed by atoms with van der Waals surface area (Å²) in [4.78, 5) is 0. The van der Waals surface area contributed by atoms with Crippen LogP contribution in [0.5, 0.6) is 0 Å². The molecule has 0 fully saturated rings. The van der Waals surface area contributed by atoms with Gasteiger partial charge in [0.25, 0.3) is 5.83 Å². The largest absolute Gasteiger partial charge is 0.431 e. The fourth-order valence-electron chi connectivity index (χ4n) is 0.633. The van der Waals surface area contributed by atoms with E-state index in [0.29, 0.717) is 0 Å². The summed E-state index contributed by atoms with van der Waals surface area (Å²) in [6, 6.07) is -0.617. The van der Waals surface area contributed by atoms with Crippen LogP contribution in [0, 0.1) is 11.3 Å². The van der Waals surface area contributed by atoms with Crippen LogP contribution < -0.4 is 0 Å². The molecule has 0 saturated carbocycles. The molecular formula is C7F11NO. The Kier molecular flexibility index (Phi) is 4.67. The molecule has 0 saturated heterocycles. The van der Waals surface area contributed by atoms with Crippen molar-refractivity contribution in [2.45, 2.75) is 24.1 Å². The van der Waals surface area contributed by atoms with E-state index in [2.05, 4.69) is 0 Å². The average molecular weight is 323 g/mol. The van der Waals surface area contributed by atoms with Crippen LogP contribution in [0.15, 0.2) is 11.9 Å². The van der Waals surface area contributed by atoms with Crippen molar-refractivity contribution in [2.75, 3.05) is 0 Å². The van der Waals surface area contributed by atoms with Crippen LogP contribution in [0.25, 0.3) is 0 Å². The normalized spacial score (nSPS) is 13.9. The Morgan fingerprint density at radius 3 is 1.55 bits per heavy atom. The van der Waals surface area contributed by atoms with Gasteiger partial charge in [0.1, 0.15) is 6.07 Å². The molecule has 0 aromatic carbocycles. The first kappa shape index (κ1) is 18.4. The molecule has 0 radical (unpaired) electrons. The first-order valence-electron chi connectivity index (χ1n) is 3.96. The quantitative estimate of drug-likeness (QED) is 0.715. The van der Waals surface area contributed by atoms with E-state index in [4.69, 9.17) is 5.26 Å². The van der Waals surface area contributed by atoms with E-state index < -0.39 is 42.0 Å². The second-order valence-corrected chi connectivity index (χ2v) is 2.97. The lowest BCUT2D eigenvalue weighted by molar-refractivity contribution is -0.445. The van der Waals surface area contributed by atoms with Crippen molar-refractivity contribution in [3.05, 3.63) is 11.9 Å². The first-order chi connectivity index (χ1) is 8.62. The third kappa shape index (κ3) is 3.11. The predicted octanol–water partition coefficient (Wildman–Crippen LogP) is 4.06. The Balaban J connectivity index is 5.61. The second kappa shape index (κ2) is 5.08. The third-order valence-electron chi connectivity index (χ3n) is 1.58. The van der Waals surface area contributed by atoms with Crippen LogP contribution >= 0.6 is 0 Å². The average Bonchev–Trinajstić information content (AvgIpc) is 2.25. The monoisotopic (exact) mass is 323 g/mol. The summed E-state index contributed by atoms with van der Waals surface area (Å²) in [7, 11) is 0. The topological polar surface area (TPSA) is 33.0 Å². The van der Waals surface area contributed by atoms with Gasteiger partial charge in [-0.2, -0.15) is 53.6 Å². The van der Waals surface area contributed by atoms with Gasteiger partial charge in [-0.1, -0.05) is 0 Å². The Morgan fingerprint density at radius 1 is 0.850 bits per heavy atom. The Morgan fingerprint density at radius 2 is 1.25 bits per heavy atom. The first-order valence-corrected chi connectivity index (χ1v) is 3.96. The van der Waals surface area contributed by atoms with E-state index in [9.17, 15) is 48.3 Å². The molecule has 2 nitrogen and oxygen atoms in total. The van der Waals surface area contributed by atoms with Gasteiger partial charge in [0.05, 0.1) is 0 Å². The molecule has 0 aliphatic rings. The minimum atomic E-state index is -6.84. The maximum Gasteiger partial charge on any atom is 0.431 e. The summed E-state index contributed by atoms with van der Waals surface area (Å²) in [5.74, 6) is -17.0. The van der Waals surface area contributed by atoms with E-state index in [1.54, 1.807) is 4.74 Å². The van der Waals surface area contributed by atoms with Gasteiger partial charge in [0.15, 0.2) is 0 Å². The van der Waals surface area contributed by atoms with Gasteiger partial charge in [-0.25, -0.2) is 4.74 Å². The molecular weight excluding hydrogens is 323 g/mol. The zero-order valence-corrected chi connectivity index (χ0v) is 8.51. The van der Waals surface area contributed by atoms with Crippen molar-refractivity contribution in [2.24, 2.45) is 0 Å². The van der Waals surface area contributed by atoms with Gasteiger partial charge in [0, 0.05) is 0 Å². The summed E-state index contributed by atoms with van der Waals surface area (Å²) in [5.41, 5.74) is 0. The molecule has 0 aromatic rings. The molecule has 20 heavy (non-hydrogen) atoms. The Bertz CT molecular complexity index is 444. The van der Waals surface area contributed by atoms with Crippen molar-refractivity contribution in [1.29, 1.82) is 5.26 Å². The fourth-order valence-corrected chi connectivity index (χ4v) is 0.633. The van der Waals surface area contributed by atoms with Gasteiger partial charge in [-0.15, -0.1) is 0 Å². The minimum Gasteiger partial charge on any atom is -0.244 e. The highest BCUT2D eigenvalue weighted by molar-refractivity contribution is 5.07. The number of nitrogens with zero attached hydrogens (tertiary/aromatic N) is 1. The summed E-state index contributed by atoms with van der Waals surface area (Å²) in [6.07, 6.45) is -17.1. The van der Waals surface area contributed by atoms with Crippen molar-refractivity contribution in [3.63, 3.8) is 0 Å². The van der Waals surface area contributed by atoms with Gasteiger partial charge in [0.2, 0.25) is 0 Å². The summed E-state index contributed by atoms with van der Waals surface area (Å²) >= 11 is 0. The molecule has 0 atom stereocenters. The zero-order chi connectivity index (χ0) is 16.6. The fraction of sp³-hybridized carbons (Fsp3) is 0.571. The van der Waals surface area contributed by atoms with Gasteiger partial charge >= 0.3 is 30.1 Å². The summed E-state index contributed by atoms with van der Waals surface area (Å²) in [6.45, 7) is 0. The molecule has 0 rings (SSSR count). The van der Waals surface area contributed by atoms with Crippen LogP contribution in [0.3, 0.4) is 0 Å². The van der Waals surface area contributed by atoms with E-state index >= 15 is 0 Å². The lowest BCUT2D eigenvalue weighted by Gasteiger charge is -2.30. The highest BCUT2D eigenvalue weighted by Gasteiger charge is 2.76. The lowest BCUT2D eigenvalue weighted by Crippen LogP contribution is -2.56. The SMILES string of the molecule is N#CC(F)(F)C(F)(F)C(F)(F)OC(F)(F)C(F)=C(F)F. The van der Waals surface area contributed by atoms with Gasteiger partial charge in [-0.3, -0.25) is 0 Å². The van der Waals surface area contributed by atoms with Crippen LogP contribution in [-0.2, 0) is 4.74 Å². The standard InChI is InChI=1S/C7F11NO/c8-2(3(9)10)5(13,14)20-7(17,18)6(15,16)4(11,12)1-19. The van der Waals surface area contributed by atoms with Gasteiger partial charge < -0.3 is 0 Å².